The van der Waals surface area contributed by atoms with Crippen LogP contribution in [0.15, 0.2) is 24.3 Å². The first-order chi connectivity index (χ1) is 11.2. The summed E-state index contributed by atoms with van der Waals surface area (Å²) in [6.07, 6.45) is -0.614. The van der Waals surface area contributed by atoms with Crippen LogP contribution in [0.4, 0.5) is 5.13 Å². The van der Waals surface area contributed by atoms with Crippen LogP contribution in [0.2, 0.25) is 0 Å². The zero-order valence-corrected chi connectivity index (χ0v) is 15.9. The van der Waals surface area contributed by atoms with E-state index < -0.39 is 6.10 Å². The number of amides is 1. The molecule has 1 aromatic carbocycles. The third-order valence-electron chi connectivity index (χ3n) is 3.57. The fourth-order valence-electron chi connectivity index (χ4n) is 2.02. The number of rotatable bonds is 5. The Kier molecular flexibility index (Phi) is 5.59. The van der Waals surface area contributed by atoms with Gasteiger partial charge >= 0.3 is 0 Å². The van der Waals surface area contributed by atoms with Gasteiger partial charge in [0.05, 0.1) is 0 Å². The second-order valence-corrected chi connectivity index (χ2v) is 8.13. The summed E-state index contributed by atoms with van der Waals surface area (Å²) in [6, 6.07) is 7.84. The molecule has 1 atom stereocenters. The fourth-order valence-corrected chi connectivity index (χ4v) is 2.77. The Labute approximate surface area is 147 Å². The van der Waals surface area contributed by atoms with Gasteiger partial charge in [-0.05, 0) is 30.0 Å². The number of carbonyl (C=O) groups is 1. The standard InChI is InChI=1S/C18H25N3O2S/c1-11(2)16-20-21-17(24-16)19-15(22)12(3)23-14-9-7-13(8-10-14)18(4,5)6/h7-12H,1-6H3,(H,19,21,22). The minimum atomic E-state index is -0.614. The molecule has 1 N–H and O–H groups in total. The van der Waals surface area contributed by atoms with E-state index in [4.69, 9.17) is 4.74 Å². The van der Waals surface area contributed by atoms with Crippen molar-refractivity contribution in [1.29, 1.82) is 0 Å². The lowest BCUT2D eigenvalue weighted by molar-refractivity contribution is -0.122. The summed E-state index contributed by atoms with van der Waals surface area (Å²) in [5.41, 5.74) is 1.31. The molecule has 1 amide bonds. The lowest BCUT2D eigenvalue weighted by Gasteiger charge is -2.20. The average Bonchev–Trinajstić information content (AvgIpc) is 2.95. The highest BCUT2D eigenvalue weighted by atomic mass is 32.1. The third-order valence-corrected chi connectivity index (χ3v) is 4.71. The van der Waals surface area contributed by atoms with Crippen molar-refractivity contribution in [1.82, 2.24) is 10.2 Å². The van der Waals surface area contributed by atoms with Crippen molar-refractivity contribution in [2.24, 2.45) is 0 Å². The molecule has 0 saturated carbocycles. The van der Waals surface area contributed by atoms with Crippen molar-refractivity contribution >= 4 is 22.4 Å². The zero-order valence-electron chi connectivity index (χ0n) is 15.1. The molecule has 0 spiro atoms. The van der Waals surface area contributed by atoms with E-state index in [2.05, 4.69) is 36.3 Å². The van der Waals surface area contributed by atoms with Gasteiger partial charge in [0.25, 0.3) is 5.91 Å². The smallest absolute Gasteiger partial charge is 0.266 e. The fraction of sp³-hybridized carbons (Fsp3) is 0.500. The lowest BCUT2D eigenvalue weighted by atomic mass is 9.87. The van der Waals surface area contributed by atoms with Gasteiger partial charge < -0.3 is 4.74 Å². The minimum Gasteiger partial charge on any atom is -0.481 e. The molecule has 6 heteroatoms. The number of hydrogen-bond acceptors (Lipinski definition) is 5. The highest BCUT2D eigenvalue weighted by Gasteiger charge is 2.18. The molecule has 1 aromatic heterocycles. The maximum atomic E-state index is 12.2. The van der Waals surface area contributed by atoms with Crippen molar-refractivity contribution in [2.45, 2.75) is 59.0 Å². The minimum absolute atomic E-state index is 0.0908. The molecule has 0 saturated heterocycles. The Balaban J connectivity index is 1.95. The molecule has 1 unspecified atom stereocenters. The number of aromatic nitrogens is 2. The number of benzene rings is 1. The average molecular weight is 347 g/mol. The molecule has 2 aromatic rings. The van der Waals surface area contributed by atoms with Crippen LogP contribution in [0.25, 0.3) is 0 Å². The van der Waals surface area contributed by atoms with Crippen LogP contribution in [0.1, 0.15) is 58.0 Å². The van der Waals surface area contributed by atoms with Gasteiger partial charge in [-0.25, -0.2) is 0 Å². The molecule has 5 nitrogen and oxygen atoms in total. The maximum Gasteiger partial charge on any atom is 0.266 e. The predicted molar refractivity (Wildman–Crippen MR) is 97.9 cm³/mol. The number of carbonyl (C=O) groups excluding carboxylic acids is 1. The van der Waals surface area contributed by atoms with Crippen LogP contribution in [0.5, 0.6) is 5.75 Å². The third kappa shape index (κ3) is 4.77. The van der Waals surface area contributed by atoms with Crippen molar-refractivity contribution in [3.05, 3.63) is 34.8 Å². The van der Waals surface area contributed by atoms with Gasteiger partial charge in [-0.15, -0.1) is 10.2 Å². The molecule has 0 radical (unpaired) electrons. The summed E-state index contributed by atoms with van der Waals surface area (Å²) < 4.78 is 5.71. The number of anilines is 1. The summed E-state index contributed by atoms with van der Waals surface area (Å²) in [7, 11) is 0. The van der Waals surface area contributed by atoms with Crippen LogP contribution in [-0.4, -0.2) is 22.2 Å². The van der Waals surface area contributed by atoms with Crippen LogP contribution in [0, 0.1) is 0 Å². The highest BCUT2D eigenvalue weighted by molar-refractivity contribution is 7.15. The number of nitrogens with zero attached hydrogens (tertiary/aromatic N) is 2. The molecule has 0 bridgehead atoms. The number of ether oxygens (including phenoxy) is 1. The molecule has 0 aliphatic heterocycles. The van der Waals surface area contributed by atoms with Gasteiger partial charge in [-0.1, -0.05) is 58.1 Å². The Morgan fingerprint density at radius 3 is 2.25 bits per heavy atom. The van der Waals surface area contributed by atoms with Crippen molar-refractivity contribution in [3.63, 3.8) is 0 Å². The lowest BCUT2D eigenvalue weighted by Crippen LogP contribution is -2.30. The van der Waals surface area contributed by atoms with Crippen molar-refractivity contribution in [3.8, 4) is 5.75 Å². The molecule has 0 aliphatic carbocycles. The topological polar surface area (TPSA) is 64.1 Å². The van der Waals surface area contributed by atoms with E-state index in [-0.39, 0.29) is 11.3 Å². The molecule has 0 fully saturated rings. The van der Waals surface area contributed by atoms with E-state index in [9.17, 15) is 4.79 Å². The van der Waals surface area contributed by atoms with Gasteiger partial charge in [0.15, 0.2) is 6.10 Å². The summed E-state index contributed by atoms with van der Waals surface area (Å²) in [5, 5.41) is 12.2. The quantitative estimate of drug-likeness (QED) is 0.872. The maximum absolute atomic E-state index is 12.2. The first-order valence-corrected chi connectivity index (χ1v) is 8.90. The molecule has 130 valence electrons. The molecule has 1 heterocycles. The number of hydrogen-bond donors (Lipinski definition) is 1. The highest BCUT2D eigenvalue weighted by Crippen LogP contribution is 2.25. The van der Waals surface area contributed by atoms with E-state index >= 15 is 0 Å². The van der Waals surface area contributed by atoms with Gasteiger partial charge in [-0.3, -0.25) is 10.1 Å². The first-order valence-electron chi connectivity index (χ1n) is 8.08. The van der Waals surface area contributed by atoms with Crippen LogP contribution in [0.3, 0.4) is 0 Å². The number of nitrogens with one attached hydrogen (secondary N) is 1. The molecular weight excluding hydrogens is 322 g/mol. The Morgan fingerprint density at radius 2 is 1.75 bits per heavy atom. The van der Waals surface area contributed by atoms with E-state index in [0.29, 0.717) is 16.8 Å². The summed E-state index contributed by atoms with van der Waals surface area (Å²) in [6.45, 7) is 12.3. The molecule has 2 rings (SSSR count). The summed E-state index contributed by atoms with van der Waals surface area (Å²) in [5.74, 6) is 0.732. The van der Waals surface area contributed by atoms with E-state index in [1.165, 1.54) is 16.9 Å². The summed E-state index contributed by atoms with van der Waals surface area (Å²) in [4.78, 5) is 12.2. The Hall–Kier alpha value is -1.95. The van der Waals surface area contributed by atoms with Crippen molar-refractivity contribution in [2.75, 3.05) is 5.32 Å². The van der Waals surface area contributed by atoms with Crippen LogP contribution < -0.4 is 10.1 Å². The summed E-state index contributed by atoms with van der Waals surface area (Å²) >= 11 is 1.39. The second-order valence-electron chi connectivity index (χ2n) is 7.12. The first kappa shape index (κ1) is 18.4. The largest absolute Gasteiger partial charge is 0.481 e. The van der Waals surface area contributed by atoms with Gasteiger partial charge in [-0.2, -0.15) is 0 Å². The van der Waals surface area contributed by atoms with E-state index in [1.54, 1.807) is 6.92 Å². The van der Waals surface area contributed by atoms with Crippen LogP contribution >= 0.6 is 11.3 Å². The van der Waals surface area contributed by atoms with Crippen LogP contribution in [-0.2, 0) is 10.2 Å². The Bertz CT molecular complexity index is 687. The molecular formula is C18H25N3O2S. The second kappa shape index (κ2) is 7.30. The van der Waals surface area contributed by atoms with E-state index in [1.807, 2.05) is 38.1 Å². The SMILES string of the molecule is CC(Oc1ccc(C(C)(C)C)cc1)C(=O)Nc1nnc(C(C)C)s1. The zero-order chi connectivity index (χ0) is 17.9. The van der Waals surface area contributed by atoms with E-state index in [0.717, 1.165) is 5.01 Å². The molecule has 0 aliphatic rings. The van der Waals surface area contributed by atoms with Crippen molar-refractivity contribution < 1.29 is 9.53 Å². The normalized spacial score (nSPS) is 13.0. The van der Waals surface area contributed by atoms with Gasteiger partial charge in [0.1, 0.15) is 10.8 Å². The van der Waals surface area contributed by atoms with Gasteiger partial charge in [0.2, 0.25) is 5.13 Å². The molecule has 24 heavy (non-hydrogen) atoms. The predicted octanol–water partition coefficient (Wildman–Crippen LogP) is 4.37. The monoisotopic (exact) mass is 347 g/mol. The van der Waals surface area contributed by atoms with Gasteiger partial charge in [0, 0.05) is 5.92 Å². The Morgan fingerprint density at radius 1 is 1.12 bits per heavy atom.